The number of hydrogen-bond donors (Lipinski definition) is 2. The van der Waals surface area contributed by atoms with Crippen LogP contribution >= 0.6 is 0 Å². The second kappa shape index (κ2) is 15.5. The number of rotatable bonds is 6. The summed E-state index contributed by atoms with van der Waals surface area (Å²) in [5.74, 6) is 1.48. The van der Waals surface area contributed by atoms with Gasteiger partial charge in [0.15, 0.2) is 5.84 Å². The van der Waals surface area contributed by atoms with Crippen LogP contribution in [0.5, 0.6) is 0 Å². The largest absolute Gasteiger partial charge is 0.387 e. The molecule has 0 amide bonds. The molecular weight excluding hydrogens is 803 g/mol. The smallest absolute Gasteiger partial charge is 0.159 e. The molecule has 1 atom stereocenters. The Bertz CT molecular complexity index is 3810. The van der Waals surface area contributed by atoms with Crippen LogP contribution in [0.15, 0.2) is 222 Å². The van der Waals surface area contributed by atoms with Gasteiger partial charge in [-0.15, -0.1) is 0 Å². The molecule has 0 bridgehead atoms. The maximum atomic E-state index is 5.37. The molecule has 5 nitrogen and oxygen atoms in total. The zero-order chi connectivity index (χ0) is 43.6. The van der Waals surface area contributed by atoms with Crippen molar-refractivity contribution in [3.05, 3.63) is 240 Å². The van der Waals surface area contributed by atoms with E-state index >= 15 is 0 Å². The lowest BCUT2D eigenvalue weighted by Gasteiger charge is -2.25. The fourth-order valence-corrected chi connectivity index (χ4v) is 10.2. The zero-order valence-corrected chi connectivity index (χ0v) is 35.9. The van der Waals surface area contributed by atoms with Crippen LogP contribution in [0.25, 0.3) is 93.6 Å². The Morgan fingerprint density at radius 3 is 1.76 bits per heavy atom. The molecule has 1 unspecified atom stereocenters. The quantitative estimate of drug-likeness (QED) is 0.164. The van der Waals surface area contributed by atoms with Crippen LogP contribution in [0.4, 0.5) is 0 Å². The van der Waals surface area contributed by atoms with Crippen LogP contribution in [0.1, 0.15) is 34.0 Å². The van der Waals surface area contributed by atoms with Crippen molar-refractivity contribution in [3.8, 4) is 33.5 Å². The first-order chi connectivity index (χ1) is 32.7. The molecule has 2 N–H and O–H groups in total. The molecule has 13 rings (SSSR count). The normalized spacial score (nSPS) is 14.5. The highest BCUT2D eigenvalue weighted by atomic mass is 15.2. The van der Waals surface area contributed by atoms with E-state index in [9.17, 15) is 0 Å². The number of nitrogens with one attached hydrogen (secondary N) is 2. The summed E-state index contributed by atoms with van der Waals surface area (Å²) in [6.45, 7) is 0.714. The Morgan fingerprint density at radius 2 is 1.02 bits per heavy atom. The van der Waals surface area contributed by atoms with Gasteiger partial charge in [0.05, 0.1) is 11.2 Å². The number of fused-ring (bicyclic) bond motifs is 10. The van der Waals surface area contributed by atoms with E-state index in [-0.39, 0.29) is 0 Å². The summed E-state index contributed by atoms with van der Waals surface area (Å²) in [7, 11) is 0. The molecule has 1 aromatic heterocycles. The molecule has 10 aromatic carbocycles. The Hall–Kier alpha value is -8.67. The van der Waals surface area contributed by atoms with Gasteiger partial charge in [0, 0.05) is 34.2 Å². The van der Waals surface area contributed by atoms with E-state index in [1.54, 1.807) is 0 Å². The van der Waals surface area contributed by atoms with Gasteiger partial charge in [-0.25, -0.2) is 15.0 Å². The molecule has 11 aromatic rings. The first-order valence-electron chi connectivity index (χ1n) is 22.6. The third-order valence-electron chi connectivity index (χ3n) is 13.3. The van der Waals surface area contributed by atoms with Gasteiger partial charge >= 0.3 is 0 Å². The molecule has 0 radical (unpaired) electrons. The van der Waals surface area contributed by atoms with Gasteiger partial charge in [-0.05, 0) is 119 Å². The molecule has 66 heavy (non-hydrogen) atoms. The highest BCUT2D eigenvalue weighted by Crippen LogP contribution is 2.42. The first-order valence-corrected chi connectivity index (χ1v) is 22.6. The molecule has 5 heteroatoms. The lowest BCUT2D eigenvalue weighted by molar-refractivity contribution is 0.674. The van der Waals surface area contributed by atoms with Crippen molar-refractivity contribution in [3.63, 3.8) is 0 Å². The maximum Gasteiger partial charge on any atom is 0.159 e. The van der Waals surface area contributed by atoms with Crippen molar-refractivity contribution in [2.75, 3.05) is 0 Å². The van der Waals surface area contributed by atoms with Crippen LogP contribution in [0, 0.1) is 0 Å². The van der Waals surface area contributed by atoms with Gasteiger partial charge in [0.25, 0.3) is 0 Å². The summed E-state index contributed by atoms with van der Waals surface area (Å²) >= 11 is 0. The van der Waals surface area contributed by atoms with E-state index in [4.69, 9.17) is 15.0 Å². The van der Waals surface area contributed by atoms with Crippen molar-refractivity contribution >= 4 is 71.7 Å². The fourth-order valence-electron chi connectivity index (χ4n) is 10.2. The lowest BCUT2D eigenvalue weighted by atomic mass is 9.88. The van der Waals surface area contributed by atoms with E-state index in [1.807, 2.05) is 30.5 Å². The number of hydrogen-bond acceptors (Lipinski definition) is 5. The van der Waals surface area contributed by atoms with Gasteiger partial charge in [0.2, 0.25) is 0 Å². The van der Waals surface area contributed by atoms with Crippen LogP contribution in [-0.4, -0.2) is 16.7 Å². The topological polar surface area (TPSA) is 61.7 Å². The van der Waals surface area contributed by atoms with Gasteiger partial charge in [-0.1, -0.05) is 176 Å². The average Bonchev–Trinajstić information content (AvgIpc) is 3.40. The van der Waals surface area contributed by atoms with E-state index < -0.39 is 6.17 Å². The average molecular weight is 844 g/mol. The molecule has 0 fully saturated rings. The van der Waals surface area contributed by atoms with E-state index in [0.29, 0.717) is 12.4 Å². The van der Waals surface area contributed by atoms with Crippen LogP contribution < -0.4 is 10.6 Å². The predicted octanol–water partition coefficient (Wildman–Crippen LogP) is 14.4. The fraction of sp³-hybridized carbons (Fsp3) is 0.0328. The van der Waals surface area contributed by atoms with Gasteiger partial charge in [0.1, 0.15) is 12.0 Å². The number of aromatic nitrogens is 1. The third-order valence-corrected chi connectivity index (χ3v) is 13.3. The van der Waals surface area contributed by atoms with Gasteiger partial charge in [-0.3, -0.25) is 0 Å². The Labute approximate surface area is 382 Å². The predicted molar refractivity (Wildman–Crippen MR) is 276 cm³/mol. The number of para-hydroxylation sites is 1. The Kier molecular flexibility index (Phi) is 8.91. The Morgan fingerprint density at radius 1 is 0.424 bits per heavy atom. The van der Waals surface area contributed by atoms with Crippen molar-refractivity contribution in [1.29, 1.82) is 0 Å². The zero-order valence-electron chi connectivity index (χ0n) is 35.9. The molecule has 0 aliphatic carbocycles. The van der Waals surface area contributed by atoms with Crippen LogP contribution in [0.2, 0.25) is 0 Å². The first kappa shape index (κ1) is 37.8. The number of nitrogens with zero attached hydrogens (tertiary/aromatic N) is 3. The molecular formula is C61H41N5. The molecule has 0 saturated heterocycles. The summed E-state index contributed by atoms with van der Waals surface area (Å²) in [4.78, 5) is 15.9. The minimum Gasteiger partial charge on any atom is -0.387 e. The third kappa shape index (κ3) is 6.35. The summed E-state index contributed by atoms with van der Waals surface area (Å²) in [6.07, 6.45) is 3.82. The summed E-state index contributed by atoms with van der Waals surface area (Å²) in [5, 5.41) is 18.2. The van der Waals surface area contributed by atoms with Gasteiger partial charge in [-0.2, -0.15) is 0 Å². The number of amidine groups is 2. The standard InChI is InChI=1S/C61H41N5/c1-3-15-38(16-4-1)59-64-60(39-17-5-2-6-18-39)66-61(65-59)43-34-41(40-29-30-51-48-21-8-7-19-46(48)47-20-9-10-22-50(47)55(51)36-40)33-42(35-43)44-24-13-26-49-45(44)25-14-27-54(49)58-56-37-62-32-31-52(56)53-23-11-12-28-57(53)63-58/h1-36,61-62H,37H2,(H,64,65,66). The molecule has 0 saturated carbocycles. The monoisotopic (exact) mass is 843 g/mol. The highest BCUT2D eigenvalue weighted by molar-refractivity contribution is 6.26. The van der Waals surface area contributed by atoms with Gasteiger partial charge < -0.3 is 10.6 Å². The van der Waals surface area contributed by atoms with Crippen molar-refractivity contribution in [2.24, 2.45) is 9.98 Å². The van der Waals surface area contributed by atoms with Crippen LogP contribution in [0.3, 0.4) is 0 Å². The minimum atomic E-state index is -0.420. The highest BCUT2D eigenvalue weighted by Gasteiger charge is 2.24. The number of aliphatic imine (C=N–C) groups is 2. The van der Waals surface area contributed by atoms with Crippen LogP contribution in [-0.2, 0) is 6.54 Å². The number of pyridine rings is 1. The van der Waals surface area contributed by atoms with Crippen molar-refractivity contribution in [2.45, 2.75) is 12.7 Å². The molecule has 2 aliphatic rings. The van der Waals surface area contributed by atoms with E-state index in [1.165, 1.54) is 48.8 Å². The molecule has 0 spiro atoms. The molecule has 310 valence electrons. The summed E-state index contributed by atoms with van der Waals surface area (Å²) in [6, 6.07) is 74.0. The molecule has 2 aliphatic heterocycles. The lowest BCUT2D eigenvalue weighted by Crippen LogP contribution is -2.33. The minimum absolute atomic E-state index is 0.420. The van der Waals surface area contributed by atoms with E-state index in [2.05, 4.69) is 199 Å². The van der Waals surface area contributed by atoms with E-state index in [0.717, 1.165) is 72.3 Å². The number of benzene rings is 10. The molecule has 3 heterocycles. The van der Waals surface area contributed by atoms with Crippen molar-refractivity contribution in [1.82, 2.24) is 15.6 Å². The SMILES string of the molecule is C1=Cc2c(c(-c3cccc4c(-c5cc(-c6ccc7c8ccccc8c8ccccc8c7c6)cc(C6N=C(c7ccccc7)N=C(c7ccccc7)N6)c5)cccc34)nc3ccccc23)CN1. The maximum absolute atomic E-state index is 5.37. The summed E-state index contributed by atoms with van der Waals surface area (Å²) in [5.41, 5.74) is 13.1. The second-order valence-corrected chi connectivity index (χ2v) is 17.2. The van der Waals surface area contributed by atoms with Crippen molar-refractivity contribution < 1.29 is 0 Å². The Balaban J connectivity index is 1.04. The summed E-state index contributed by atoms with van der Waals surface area (Å²) < 4.78 is 0. The second-order valence-electron chi connectivity index (χ2n) is 17.2.